The highest BCUT2D eigenvalue weighted by atomic mass is 127. The van der Waals surface area contributed by atoms with Crippen molar-refractivity contribution in [1.82, 2.24) is 10.2 Å². The molecule has 2 amide bonds. The molecule has 0 bridgehead atoms. The maximum Gasteiger partial charge on any atom is 0.355 e. The number of rotatable bonds is 15. The number of ether oxygens (including phenoxy) is 4. The third-order valence-electron chi connectivity index (χ3n) is 7.03. The summed E-state index contributed by atoms with van der Waals surface area (Å²) in [6, 6.07) is 13.3. The fourth-order valence-corrected chi connectivity index (χ4v) is 10.2. The minimum absolute atomic E-state index is 0.107. The van der Waals surface area contributed by atoms with E-state index in [1.807, 2.05) is 0 Å². The molecule has 2 aromatic carbocycles. The number of fused-ring (bicyclic) bond motifs is 1. The monoisotopic (exact) mass is 853 g/mol. The molecule has 2 aliphatic rings. The van der Waals surface area contributed by atoms with Gasteiger partial charge in [0.1, 0.15) is 30.0 Å². The molecule has 4 rings (SSSR count). The van der Waals surface area contributed by atoms with Gasteiger partial charge in [-0.25, -0.2) is 13.2 Å². The number of carbonyl (C=O) groups is 4. The van der Waals surface area contributed by atoms with Crippen LogP contribution in [0.2, 0.25) is 0 Å². The van der Waals surface area contributed by atoms with Crippen LogP contribution in [0.1, 0.15) is 26.3 Å². The molecule has 3 atom stereocenters. The average Bonchev–Trinajstić information content (AvgIpc) is 3.08. The average molecular weight is 854 g/mol. The van der Waals surface area contributed by atoms with Gasteiger partial charge in [-0.05, 0) is 43.7 Å². The lowest BCUT2D eigenvalue weighted by Gasteiger charge is -2.57. The molecule has 0 radical (unpaired) electrons. The van der Waals surface area contributed by atoms with Gasteiger partial charge >= 0.3 is 14.3 Å². The summed E-state index contributed by atoms with van der Waals surface area (Å²) in [5.41, 5.74) is -2.63. The molecule has 49 heavy (non-hydrogen) atoms. The van der Waals surface area contributed by atoms with Crippen molar-refractivity contribution in [3.05, 3.63) is 81.5 Å². The lowest BCUT2D eigenvalue weighted by molar-refractivity contribution is -0.384. The predicted molar refractivity (Wildman–Crippen MR) is 181 cm³/mol. The van der Waals surface area contributed by atoms with Crippen LogP contribution in [-0.2, 0) is 52.9 Å². The lowest BCUT2D eigenvalue weighted by atomic mass is 9.98. The first-order chi connectivity index (χ1) is 23.1. The number of halogens is 2. The first-order valence-corrected chi connectivity index (χ1v) is 19.1. The predicted octanol–water partition coefficient (Wildman–Crippen LogP) is 3.27. The molecule has 1 fully saturated rings. The number of sulfone groups is 1. The molecule has 2 heterocycles. The Bertz CT molecular complexity index is 1790. The molecule has 2 aliphatic heterocycles. The molecule has 16 nitrogen and oxygen atoms in total. The Morgan fingerprint density at radius 2 is 1.80 bits per heavy atom. The molecule has 264 valence electrons. The Kier molecular flexibility index (Phi) is 12.1. The molecule has 1 N–H and O–H groups in total. The number of benzene rings is 2. The number of nitrogens with one attached hydrogen (secondary N) is 1. The molecular weight excluding hydrogens is 825 g/mol. The zero-order valence-corrected chi connectivity index (χ0v) is 30.5. The number of non-ortho nitro benzene ring substituents is 1. The fraction of sp³-hybridized carbons (Fsp3) is 0.379. The van der Waals surface area contributed by atoms with E-state index in [4.69, 9.17) is 30.5 Å². The van der Waals surface area contributed by atoms with Crippen LogP contribution in [0.25, 0.3) is 0 Å². The first kappa shape index (κ1) is 38.1. The van der Waals surface area contributed by atoms with E-state index in [-0.39, 0.29) is 29.3 Å². The van der Waals surface area contributed by atoms with Crippen LogP contribution in [-0.4, -0.2) is 79.7 Å². The number of esters is 2. The van der Waals surface area contributed by atoms with E-state index in [9.17, 15) is 40.8 Å². The number of alkyl halides is 2. The van der Waals surface area contributed by atoms with E-state index >= 15 is 0 Å². The van der Waals surface area contributed by atoms with Crippen molar-refractivity contribution in [1.29, 1.82) is 0 Å². The number of hydrogen-bond donors (Lipinski definition) is 1. The third-order valence-corrected chi connectivity index (χ3v) is 14.5. The van der Waals surface area contributed by atoms with Crippen LogP contribution < -0.4 is 10.1 Å². The topological polar surface area (TPSA) is 215 Å². The quantitative estimate of drug-likeness (QED) is 0.0518. The van der Waals surface area contributed by atoms with Crippen LogP contribution in [0, 0.1) is 10.1 Å². The number of nitro groups is 1. The van der Waals surface area contributed by atoms with Crippen molar-refractivity contribution >= 4 is 83.8 Å². The zero-order chi connectivity index (χ0) is 36.1. The van der Waals surface area contributed by atoms with Gasteiger partial charge in [0.15, 0.2) is 6.61 Å². The number of carbonyl (C=O) groups excluding carboxylic acids is 4. The molecular formula is C29H29ClIN3O13S2. The van der Waals surface area contributed by atoms with Gasteiger partial charge in [0.25, 0.3) is 23.2 Å². The summed E-state index contributed by atoms with van der Waals surface area (Å²) in [7, 11) is -4.54. The Hall–Kier alpha value is -3.66. The van der Waals surface area contributed by atoms with Crippen LogP contribution >= 0.6 is 44.6 Å². The van der Waals surface area contributed by atoms with E-state index in [1.54, 1.807) is 30.3 Å². The Morgan fingerprint density at radius 1 is 1.14 bits per heavy atom. The van der Waals surface area contributed by atoms with E-state index < -0.39 is 91.7 Å². The molecule has 20 heteroatoms. The number of hydrogen-bond acceptors (Lipinski definition) is 14. The number of thioether (sulfide) groups is 1. The number of nitro benzene ring substituents is 1. The second-order valence-electron chi connectivity index (χ2n) is 10.7. The van der Waals surface area contributed by atoms with Crippen LogP contribution in [0.5, 0.6) is 5.75 Å². The number of amides is 2. The number of nitrogens with zero attached hydrogens (tertiary/aromatic N) is 2. The smallest absolute Gasteiger partial charge is 0.355 e. The molecule has 0 spiro atoms. The van der Waals surface area contributed by atoms with E-state index in [0.717, 1.165) is 23.6 Å². The zero-order valence-electron chi connectivity index (χ0n) is 26.0. The Morgan fingerprint density at radius 3 is 2.37 bits per heavy atom. The highest BCUT2D eigenvalue weighted by Crippen LogP contribution is 2.52. The van der Waals surface area contributed by atoms with Gasteiger partial charge < -0.3 is 19.5 Å². The van der Waals surface area contributed by atoms with Crippen molar-refractivity contribution < 1.29 is 54.5 Å². The number of β-lactam (4-membered cyclic amide) rings is 1. The van der Waals surface area contributed by atoms with E-state index in [2.05, 4.69) is 5.32 Å². The van der Waals surface area contributed by atoms with Crippen LogP contribution in [0.15, 0.2) is 65.9 Å². The normalized spacial score (nSPS) is 20.1. The van der Waals surface area contributed by atoms with Gasteiger partial charge in [-0.1, -0.05) is 29.8 Å². The van der Waals surface area contributed by atoms with Crippen molar-refractivity contribution in [2.24, 2.45) is 0 Å². The molecule has 2 aromatic rings. The van der Waals surface area contributed by atoms with Crippen LogP contribution in [0.3, 0.4) is 0 Å². The van der Waals surface area contributed by atoms with Gasteiger partial charge in [-0.2, -0.15) is 0 Å². The van der Waals surface area contributed by atoms with Crippen molar-refractivity contribution in [2.45, 2.75) is 46.1 Å². The maximum absolute atomic E-state index is 14.2. The maximum atomic E-state index is 14.2. The summed E-state index contributed by atoms with van der Waals surface area (Å²) >= 11 is 4.53. The second-order valence-corrected chi connectivity index (χ2v) is 18.5. The minimum Gasteiger partial charge on any atom is -0.484 e. The minimum atomic E-state index is -4.54. The standard InChI is InChI=1S/C29H29ClIN3O13S2/c1-17(2)49(42,43)29(30,31-39)47-28(32-23(36)15-45-22-7-5-4-6-8-22)26(38)33-24(20(14-44-18(3)35)16-48-27(28)33)25(37)46-13-19-9-11-21(12-10-19)34(40)41/h4-12,17,27H,13-16H2,1-3H3,(H,32,36)/t27-,28-,29?/m1/s1. The molecule has 1 saturated heterocycles. The fourth-order valence-electron chi connectivity index (χ4n) is 4.53. The van der Waals surface area contributed by atoms with Crippen molar-refractivity contribution in [2.75, 3.05) is 19.0 Å². The summed E-state index contributed by atoms with van der Waals surface area (Å²) in [5, 5.41) is 10.8. The van der Waals surface area contributed by atoms with Gasteiger partial charge in [0, 0.05) is 30.4 Å². The third kappa shape index (κ3) is 8.05. The summed E-state index contributed by atoms with van der Waals surface area (Å²) in [4.78, 5) is 63.9. The summed E-state index contributed by atoms with van der Waals surface area (Å²) in [6.07, 6.45) is 0. The van der Waals surface area contributed by atoms with Crippen molar-refractivity contribution in [3.63, 3.8) is 0 Å². The van der Waals surface area contributed by atoms with E-state index in [1.165, 1.54) is 38.1 Å². The number of para-hydroxylation sites is 1. The SMILES string of the molecule is CC(=O)OCC1=C(C(=O)OCc2ccc([N+](=O)[O-])cc2)N2C(=O)[C@@](NC(=O)COc3ccccc3)(OC(Cl)(I=O)S(=O)(=O)C(C)C)[C@H]2SC1. The second kappa shape index (κ2) is 15.5. The molecule has 0 aromatic heterocycles. The first-order valence-electron chi connectivity index (χ1n) is 14.2. The highest BCUT2D eigenvalue weighted by Gasteiger charge is 2.71. The van der Waals surface area contributed by atoms with Gasteiger partial charge in [-0.15, -0.1) is 11.8 Å². The summed E-state index contributed by atoms with van der Waals surface area (Å²) in [5.74, 6) is -3.68. The molecule has 0 saturated carbocycles. The summed E-state index contributed by atoms with van der Waals surface area (Å²) in [6.45, 7) is 2.19. The Labute approximate surface area is 299 Å². The Balaban J connectivity index is 1.69. The van der Waals surface area contributed by atoms with Gasteiger partial charge in [0.05, 0.1) is 10.2 Å². The van der Waals surface area contributed by atoms with E-state index in [0.29, 0.717) is 11.3 Å². The molecule has 1 unspecified atom stereocenters. The molecule has 0 aliphatic carbocycles. The van der Waals surface area contributed by atoms with Gasteiger partial charge in [0.2, 0.25) is 31.0 Å². The highest BCUT2D eigenvalue weighted by molar-refractivity contribution is 14.1. The largest absolute Gasteiger partial charge is 0.484 e. The van der Waals surface area contributed by atoms with Crippen molar-refractivity contribution in [3.8, 4) is 5.75 Å². The summed E-state index contributed by atoms with van der Waals surface area (Å²) < 4.78 is 57.8. The lowest BCUT2D eigenvalue weighted by Crippen LogP contribution is -2.82. The van der Waals surface area contributed by atoms with Crippen LogP contribution in [0.4, 0.5) is 5.69 Å². The van der Waals surface area contributed by atoms with Gasteiger partial charge in [-0.3, -0.25) is 37.2 Å².